The zero-order valence-electron chi connectivity index (χ0n) is 8.98. The van der Waals surface area contributed by atoms with E-state index in [1.807, 2.05) is 0 Å². The van der Waals surface area contributed by atoms with E-state index < -0.39 is 0 Å². The van der Waals surface area contributed by atoms with Gasteiger partial charge in [-0.2, -0.15) is 0 Å². The monoisotopic (exact) mass is 176 g/mol. The molecule has 11 heavy (non-hydrogen) atoms. The van der Waals surface area contributed by atoms with E-state index in [2.05, 4.69) is 34.6 Å². The number of hydrogen-bond donors (Lipinski definition) is 0. The maximum atomic E-state index is 5.03. The van der Waals surface area contributed by atoms with Gasteiger partial charge >= 0.3 is 0 Å². The molecule has 0 heterocycles. The van der Waals surface area contributed by atoms with Gasteiger partial charge in [0.05, 0.1) is 0 Å². The summed E-state index contributed by atoms with van der Waals surface area (Å²) < 4.78 is 5.03. The fourth-order valence-electron chi connectivity index (χ4n) is 0.402. The van der Waals surface area contributed by atoms with Crippen molar-refractivity contribution < 1.29 is 4.43 Å². The number of rotatable bonds is 3. The van der Waals surface area contributed by atoms with Gasteiger partial charge in [-0.3, -0.25) is 0 Å². The summed E-state index contributed by atoms with van der Waals surface area (Å²) in [4.78, 5) is 0. The highest BCUT2D eigenvalue weighted by atomic mass is 28.2. The molecule has 0 aliphatic rings. The van der Waals surface area contributed by atoms with Crippen LogP contribution in [0.15, 0.2) is 0 Å². The molecule has 0 spiro atoms. The van der Waals surface area contributed by atoms with E-state index in [4.69, 9.17) is 4.43 Å². The first kappa shape index (κ1) is 13.7. The summed E-state index contributed by atoms with van der Waals surface area (Å²) in [5.41, 5.74) is 0.866. The molecule has 0 N–H and O–H groups in total. The Labute approximate surface area is 74.5 Å². The van der Waals surface area contributed by atoms with E-state index in [0.29, 0.717) is 0 Å². The van der Waals surface area contributed by atoms with Gasteiger partial charge in [-0.25, -0.2) is 0 Å². The lowest BCUT2D eigenvalue weighted by molar-refractivity contribution is 0.430. The van der Waals surface area contributed by atoms with Crippen LogP contribution in [0.1, 0.15) is 41.0 Å². The van der Waals surface area contributed by atoms with Gasteiger partial charge in [-0.15, -0.1) is 0 Å². The molecule has 0 saturated carbocycles. The highest BCUT2D eigenvalue weighted by Gasteiger charge is 1.95. The Morgan fingerprint density at radius 1 is 1.18 bits per heavy atom. The van der Waals surface area contributed by atoms with Gasteiger partial charge in [-0.1, -0.05) is 41.0 Å². The van der Waals surface area contributed by atoms with Gasteiger partial charge in [0, 0.05) is 7.11 Å². The predicted molar refractivity (Wildman–Crippen MR) is 55.8 cm³/mol. The van der Waals surface area contributed by atoms with Gasteiger partial charge < -0.3 is 4.43 Å². The van der Waals surface area contributed by atoms with Crippen LogP contribution in [0.4, 0.5) is 0 Å². The Hall–Kier alpha value is 0.177. The maximum absolute atomic E-state index is 5.03. The summed E-state index contributed by atoms with van der Waals surface area (Å²) >= 11 is 0. The Morgan fingerprint density at radius 3 is 1.64 bits per heavy atom. The molecule has 0 aliphatic carbocycles. The summed E-state index contributed by atoms with van der Waals surface area (Å²) in [5.74, 6) is 0.833. The third-order valence-corrected chi connectivity index (χ3v) is 2.63. The van der Waals surface area contributed by atoms with E-state index in [1.165, 1.54) is 6.42 Å². The van der Waals surface area contributed by atoms with Crippen LogP contribution in [0.2, 0.25) is 5.54 Å². The van der Waals surface area contributed by atoms with Crippen molar-refractivity contribution in [2.45, 2.75) is 46.6 Å². The second-order valence-corrected chi connectivity index (χ2v) is 6.01. The van der Waals surface area contributed by atoms with Crippen molar-refractivity contribution in [3.8, 4) is 0 Å². The lowest BCUT2D eigenvalue weighted by Crippen LogP contribution is -1.99. The van der Waals surface area contributed by atoms with Crippen molar-refractivity contribution in [2.24, 2.45) is 5.92 Å². The maximum Gasteiger partial charge on any atom is 0.163 e. The third-order valence-electron chi connectivity index (χ3n) is 1.15. The SMILES string of the molecule is CC(C)C.CCC(C)[SiH2]OC. The van der Waals surface area contributed by atoms with Gasteiger partial charge in [0.2, 0.25) is 0 Å². The van der Waals surface area contributed by atoms with Crippen molar-refractivity contribution in [1.29, 1.82) is 0 Å². The zero-order valence-corrected chi connectivity index (χ0v) is 10.4. The molecule has 0 saturated heterocycles. The van der Waals surface area contributed by atoms with Crippen molar-refractivity contribution in [3.63, 3.8) is 0 Å². The minimum absolute atomic E-state index is 0.154. The first-order chi connectivity index (χ1) is 5.04. The Bertz CT molecular complexity index is 61.8. The van der Waals surface area contributed by atoms with Crippen LogP contribution in [0.3, 0.4) is 0 Å². The van der Waals surface area contributed by atoms with Crippen LogP contribution in [0, 0.1) is 5.92 Å². The van der Waals surface area contributed by atoms with Crippen LogP contribution in [-0.4, -0.2) is 16.9 Å². The lowest BCUT2D eigenvalue weighted by atomic mass is 10.3. The zero-order chi connectivity index (χ0) is 9.28. The largest absolute Gasteiger partial charge is 0.427 e. The van der Waals surface area contributed by atoms with E-state index >= 15 is 0 Å². The van der Waals surface area contributed by atoms with Crippen LogP contribution in [0.5, 0.6) is 0 Å². The second-order valence-electron chi connectivity index (χ2n) is 3.70. The molecule has 0 bridgehead atoms. The second kappa shape index (κ2) is 10.2. The highest BCUT2D eigenvalue weighted by Crippen LogP contribution is 2.04. The Morgan fingerprint density at radius 2 is 1.55 bits per heavy atom. The van der Waals surface area contributed by atoms with Crippen LogP contribution in [-0.2, 0) is 4.43 Å². The van der Waals surface area contributed by atoms with Crippen LogP contribution < -0.4 is 0 Å². The summed E-state index contributed by atoms with van der Waals surface area (Å²) in [6.45, 7) is 11.0. The Kier molecular flexibility index (Phi) is 12.7. The summed E-state index contributed by atoms with van der Waals surface area (Å²) in [7, 11) is 1.65. The molecule has 1 atom stereocenters. The lowest BCUT2D eigenvalue weighted by Gasteiger charge is -2.02. The highest BCUT2D eigenvalue weighted by molar-refractivity contribution is 6.29. The summed E-state index contributed by atoms with van der Waals surface area (Å²) in [5, 5.41) is 0. The van der Waals surface area contributed by atoms with Gasteiger partial charge in [0.15, 0.2) is 9.76 Å². The first-order valence-electron chi connectivity index (χ1n) is 4.53. The average Bonchev–Trinajstić information content (AvgIpc) is 1.87. The predicted octanol–water partition coefficient (Wildman–Crippen LogP) is 2.60. The quantitative estimate of drug-likeness (QED) is 0.601. The topological polar surface area (TPSA) is 9.23 Å². The average molecular weight is 176 g/mol. The normalized spacial score (nSPS) is 13.4. The molecule has 0 aromatic carbocycles. The van der Waals surface area contributed by atoms with Gasteiger partial charge in [-0.05, 0) is 11.5 Å². The molecule has 1 nitrogen and oxygen atoms in total. The van der Waals surface area contributed by atoms with E-state index in [-0.39, 0.29) is 9.76 Å². The molecule has 0 aromatic rings. The fraction of sp³-hybridized carbons (Fsp3) is 1.00. The number of hydrogen-bond acceptors (Lipinski definition) is 1. The molecular formula is C9H24OSi. The van der Waals surface area contributed by atoms with E-state index in [1.54, 1.807) is 7.11 Å². The summed E-state index contributed by atoms with van der Waals surface area (Å²) in [6, 6.07) is 0. The minimum atomic E-state index is -0.154. The van der Waals surface area contributed by atoms with Gasteiger partial charge in [0.25, 0.3) is 0 Å². The van der Waals surface area contributed by atoms with Crippen molar-refractivity contribution in [2.75, 3.05) is 7.11 Å². The molecule has 70 valence electrons. The molecule has 1 unspecified atom stereocenters. The molecule has 0 fully saturated rings. The minimum Gasteiger partial charge on any atom is -0.427 e. The standard InChI is InChI=1S/C5H14OSi.C4H10/c1-4-5(2)7-6-3;1-4(2)3/h5H,4,7H2,1-3H3;4H,1-3H3. The third kappa shape index (κ3) is 25.4. The molecule has 0 amide bonds. The first-order valence-corrected chi connectivity index (χ1v) is 5.92. The van der Waals surface area contributed by atoms with Crippen molar-refractivity contribution in [3.05, 3.63) is 0 Å². The molecule has 0 aromatic heterocycles. The van der Waals surface area contributed by atoms with E-state index in [9.17, 15) is 0 Å². The molecule has 0 aliphatic heterocycles. The smallest absolute Gasteiger partial charge is 0.163 e. The van der Waals surface area contributed by atoms with Crippen LogP contribution in [0.25, 0.3) is 0 Å². The van der Waals surface area contributed by atoms with Gasteiger partial charge in [0.1, 0.15) is 0 Å². The summed E-state index contributed by atoms with van der Waals surface area (Å²) in [6.07, 6.45) is 1.28. The van der Waals surface area contributed by atoms with Crippen molar-refractivity contribution >= 4 is 9.76 Å². The molecule has 0 rings (SSSR count). The molecular weight excluding hydrogens is 152 g/mol. The van der Waals surface area contributed by atoms with E-state index in [0.717, 1.165) is 11.5 Å². The Balaban J connectivity index is 0. The molecule has 2 heteroatoms. The fourth-order valence-corrected chi connectivity index (χ4v) is 1.21. The van der Waals surface area contributed by atoms with Crippen molar-refractivity contribution in [1.82, 2.24) is 0 Å². The molecule has 0 radical (unpaired) electrons. The van der Waals surface area contributed by atoms with Crippen LogP contribution >= 0.6 is 0 Å².